The minimum Gasteiger partial charge on any atom is -0.399 e. The second-order valence-corrected chi connectivity index (χ2v) is 7.63. The van der Waals surface area contributed by atoms with E-state index >= 15 is 0 Å². The average molecular weight is 296 g/mol. The van der Waals surface area contributed by atoms with Crippen molar-refractivity contribution >= 4 is 15.7 Å². The molecule has 1 aromatic carbocycles. The van der Waals surface area contributed by atoms with Gasteiger partial charge in [0.15, 0.2) is 0 Å². The quantitative estimate of drug-likeness (QED) is 0.854. The maximum absolute atomic E-state index is 12.9. The molecule has 1 aromatic rings. The van der Waals surface area contributed by atoms with Gasteiger partial charge in [-0.1, -0.05) is 12.8 Å². The summed E-state index contributed by atoms with van der Waals surface area (Å²) >= 11 is 0. The van der Waals surface area contributed by atoms with Crippen LogP contribution in [0.15, 0.2) is 17.0 Å². The molecule has 0 spiro atoms. The molecule has 0 bridgehead atoms. The number of benzene rings is 1. The molecule has 0 aliphatic carbocycles. The normalized spacial score (nSPS) is 21.6. The van der Waals surface area contributed by atoms with E-state index in [1.807, 2.05) is 26.8 Å². The summed E-state index contributed by atoms with van der Waals surface area (Å²) in [6.07, 6.45) is 4.07. The zero-order valence-corrected chi connectivity index (χ0v) is 13.3. The fourth-order valence-electron chi connectivity index (χ4n) is 2.85. The molecule has 1 atom stereocenters. The first-order valence-corrected chi connectivity index (χ1v) is 8.66. The van der Waals surface area contributed by atoms with E-state index < -0.39 is 10.0 Å². The Morgan fingerprint density at radius 1 is 1.20 bits per heavy atom. The van der Waals surface area contributed by atoms with Gasteiger partial charge in [-0.3, -0.25) is 0 Å². The molecule has 0 radical (unpaired) electrons. The van der Waals surface area contributed by atoms with Crippen LogP contribution in [0, 0.1) is 13.8 Å². The second-order valence-electron chi connectivity index (χ2n) is 5.78. The van der Waals surface area contributed by atoms with Crippen LogP contribution in [0.3, 0.4) is 0 Å². The molecule has 2 N–H and O–H groups in total. The molecular formula is C15H24N2O2S. The third-order valence-corrected chi connectivity index (χ3v) is 6.36. The summed E-state index contributed by atoms with van der Waals surface area (Å²) < 4.78 is 27.5. The molecule has 20 heavy (non-hydrogen) atoms. The Morgan fingerprint density at radius 2 is 1.90 bits per heavy atom. The first kappa shape index (κ1) is 15.3. The average Bonchev–Trinajstić information content (AvgIpc) is 2.58. The number of nitrogens with zero attached hydrogens (tertiary/aromatic N) is 1. The number of nitrogen functional groups attached to an aromatic ring is 1. The molecule has 5 heteroatoms. The van der Waals surface area contributed by atoms with Crippen LogP contribution >= 0.6 is 0 Å². The first-order valence-electron chi connectivity index (χ1n) is 7.22. The summed E-state index contributed by atoms with van der Waals surface area (Å²) in [5.41, 5.74) is 8.07. The van der Waals surface area contributed by atoms with E-state index in [1.165, 1.54) is 0 Å². The molecule has 0 saturated carbocycles. The van der Waals surface area contributed by atoms with E-state index in [0.29, 0.717) is 17.1 Å². The van der Waals surface area contributed by atoms with Crippen molar-refractivity contribution in [3.8, 4) is 0 Å². The standard InChI is InChI=1S/C15H24N2O2S/c1-11-9-14(16)10-15(13(11)3)20(18,19)17-8-6-4-5-7-12(17)2/h9-10,12H,4-8,16H2,1-3H3. The lowest BCUT2D eigenvalue weighted by Gasteiger charge is -2.27. The fraction of sp³-hybridized carbons (Fsp3) is 0.600. The Hall–Kier alpha value is -1.07. The number of nitrogens with two attached hydrogens (primary N) is 1. The smallest absolute Gasteiger partial charge is 0.243 e. The van der Waals surface area contributed by atoms with Crippen molar-refractivity contribution in [1.82, 2.24) is 4.31 Å². The maximum Gasteiger partial charge on any atom is 0.243 e. The number of aryl methyl sites for hydroxylation is 1. The van der Waals surface area contributed by atoms with Crippen molar-refractivity contribution < 1.29 is 8.42 Å². The van der Waals surface area contributed by atoms with E-state index in [2.05, 4.69) is 0 Å². The Morgan fingerprint density at radius 3 is 2.60 bits per heavy atom. The predicted octanol–water partition coefficient (Wildman–Crippen LogP) is 2.84. The van der Waals surface area contributed by atoms with Crippen LogP contribution in [0.25, 0.3) is 0 Å². The molecule has 0 amide bonds. The molecule has 1 saturated heterocycles. The van der Waals surface area contributed by atoms with Crippen LogP contribution in [0.5, 0.6) is 0 Å². The van der Waals surface area contributed by atoms with Crippen LogP contribution in [0.1, 0.15) is 43.7 Å². The maximum atomic E-state index is 12.9. The molecule has 1 unspecified atom stereocenters. The van der Waals surface area contributed by atoms with Gasteiger partial charge < -0.3 is 5.73 Å². The Labute approximate surface area is 122 Å². The van der Waals surface area contributed by atoms with E-state index in [1.54, 1.807) is 10.4 Å². The summed E-state index contributed by atoms with van der Waals surface area (Å²) in [6, 6.07) is 3.47. The first-order chi connectivity index (χ1) is 9.34. The van der Waals surface area contributed by atoms with Crippen molar-refractivity contribution in [2.45, 2.75) is 57.4 Å². The molecule has 2 rings (SSSR count). The molecule has 112 valence electrons. The summed E-state index contributed by atoms with van der Waals surface area (Å²) in [5.74, 6) is 0. The van der Waals surface area contributed by atoms with E-state index in [-0.39, 0.29) is 6.04 Å². The minimum absolute atomic E-state index is 0.0589. The highest BCUT2D eigenvalue weighted by Gasteiger charge is 2.31. The van der Waals surface area contributed by atoms with Gasteiger partial charge in [0.2, 0.25) is 10.0 Å². The van der Waals surface area contributed by atoms with E-state index in [4.69, 9.17) is 5.73 Å². The lowest BCUT2D eigenvalue weighted by molar-refractivity contribution is 0.342. The number of sulfonamides is 1. The summed E-state index contributed by atoms with van der Waals surface area (Å²) in [6.45, 7) is 6.36. The van der Waals surface area contributed by atoms with Crippen molar-refractivity contribution in [3.63, 3.8) is 0 Å². The van der Waals surface area contributed by atoms with Gasteiger partial charge in [0.05, 0.1) is 4.90 Å². The summed E-state index contributed by atoms with van der Waals surface area (Å²) in [4.78, 5) is 0.365. The molecule has 4 nitrogen and oxygen atoms in total. The highest BCUT2D eigenvalue weighted by atomic mass is 32.2. The van der Waals surface area contributed by atoms with Crippen molar-refractivity contribution in [3.05, 3.63) is 23.3 Å². The molecule has 0 aromatic heterocycles. The minimum atomic E-state index is -3.46. The fourth-order valence-corrected chi connectivity index (χ4v) is 4.89. The van der Waals surface area contributed by atoms with Gasteiger partial charge in [-0.2, -0.15) is 4.31 Å². The van der Waals surface area contributed by atoms with Crippen LogP contribution in [-0.2, 0) is 10.0 Å². The Balaban J connectivity index is 2.49. The molecule has 1 aliphatic heterocycles. The zero-order valence-electron chi connectivity index (χ0n) is 12.5. The summed E-state index contributed by atoms with van der Waals surface area (Å²) in [5, 5.41) is 0. The Bertz CT molecular complexity index is 596. The SMILES string of the molecule is Cc1cc(N)cc(S(=O)(=O)N2CCCCCC2C)c1C. The summed E-state index contributed by atoms with van der Waals surface area (Å²) in [7, 11) is -3.46. The van der Waals surface area contributed by atoms with E-state index in [9.17, 15) is 8.42 Å². The number of hydrogen-bond donors (Lipinski definition) is 1. The van der Waals surface area contributed by atoms with Gasteiger partial charge in [0.25, 0.3) is 0 Å². The van der Waals surface area contributed by atoms with Crippen LogP contribution in [0.4, 0.5) is 5.69 Å². The monoisotopic (exact) mass is 296 g/mol. The van der Waals surface area contributed by atoms with Crippen LogP contribution < -0.4 is 5.73 Å². The second kappa shape index (κ2) is 5.74. The lowest BCUT2D eigenvalue weighted by Crippen LogP contribution is -2.38. The zero-order chi connectivity index (χ0) is 14.9. The van der Waals surface area contributed by atoms with Gasteiger partial charge in [-0.15, -0.1) is 0 Å². The highest BCUT2D eigenvalue weighted by molar-refractivity contribution is 7.89. The van der Waals surface area contributed by atoms with Gasteiger partial charge in [-0.25, -0.2) is 8.42 Å². The predicted molar refractivity (Wildman–Crippen MR) is 82.2 cm³/mol. The Kier molecular flexibility index (Phi) is 4.39. The number of anilines is 1. The van der Waals surface area contributed by atoms with Crippen LogP contribution in [-0.4, -0.2) is 25.3 Å². The van der Waals surface area contributed by atoms with Gasteiger partial charge in [0.1, 0.15) is 0 Å². The van der Waals surface area contributed by atoms with E-state index in [0.717, 1.165) is 36.8 Å². The number of rotatable bonds is 2. The number of hydrogen-bond acceptors (Lipinski definition) is 3. The largest absolute Gasteiger partial charge is 0.399 e. The highest BCUT2D eigenvalue weighted by Crippen LogP contribution is 2.29. The van der Waals surface area contributed by atoms with Crippen molar-refractivity contribution in [2.24, 2.45) is 0 Å². The molecule has 1 heterocycles. The third-order valence-electron chi connectivity index (χ3n) is 4.22. The van der Waals surface area contributed by atoms with Crippen molar-refractivity contribution in [2.75, 3.05) is 12.3 Å². The molecule has 1 fully saturated rings. The molecule has 1 aliphatic rings. The van der Waals surface area contributed by atoms with Crippen LogP contribution in [0.2, 0.25) is 0 Å². The van der Waals surface area contributed by atoms with Crippen molar-refractivity contribution in [1.29, 1.82) is 0 Å². The third kappa shape index (κ3) is 2.83. The lowest BCUT2D eigenvalue weighted by atomic mass is 10.1. The molecular weight excluding hydrogens is 272 g/mol. The van der Waals surface area contributed by atoms with Gasteiger partial charge in [-0.05, 0) is 56.9 Å². The topological polar surface area (TPSA) is 63.4 Å². The van der Waals surface area contributed by atoms with Gasteiger partial charge in [0, 0.05) is 18.3 Å². The van der Waals surface area contributed by atoms with Gasteiger partial charge >= 0.3 is 0 Å².